The summed E-state index contributed by atoms with van der Waals surface area (Å²) in [6.07, 6.45) is 3.78. The lowest BCUT2D eigenvalue weighted by atomic mass is 9.92. The Morgan fingerprint density at radius 3 is 2.74 bits per heavy atom. The number of halogens is 1. The van der Waals surface area contributed by atoms with E-state index in [1.54, 1.807) is 22.8 Å². The predicted molar refractivity (Wildman–Crippen MR) is 118 cm³/mol. The van der Waals surface area contributed by atoms with Crippen molar-refractivity contribution in [2.24, 2.45) is 0 Å². The van der Waals surface area contributed by atoms with Crippen molar-refractivity contribution in [1.82, 2.24) is 14.3 Å². The molecule has 8 heteroatoms. The van der Waals surface area contributed by atoms with E-state index in [9.17, 15) is 14.9 Å². The number of nitrogens with zero attached hydrogens (tertiary/aromatic N) is 4. The molecule has 1 atom stereocenters. The van der Waals surface area contributed by atoms with Crippen LogP contribution in [0.2, 0.25) is 5.02 Å². The fraction of sp³-hybridized carbons (Fsp3) is 0.304. The largest absolute Gasteiger partial charge is 0.346 e. The highest BCUT2D eigenvalue weighted by molar-refractivity contribution is 6.31. The molecule has 1 unspecified atom stereocenters. The summed E-state index contributed by atoms with van der Waals surface area (Å²) in [4.78, 5) is 25.0. The van der Waals surface area contributed by atoms with Crippen molar-refractivity contribution < 1.29 is 4.79 Å². The molecule has 0 saturated heterocycles. The molecule has 0 bridgehead atoms. The third-order valence-electron chi connectivity index (χ3n) is 5.43. The first-order valence-electron chi connectivity index (χ1n) is 10.3. The summed E-state index contributed by atoms with van der Waals surface area (Å²) in [5.74, 6) is -0.122. The second-order valence-corrected chi connectivity index (χ2v) is 7.98. The molecule has 3 aromatic rings. The highest BCUT2D eigenvalue weighted by Gasteiger charge is 2.19. The maximum atomic E-state index is 12.5. The van der Waals surface area contributed by atoms with E-state index >= 15 is 0 Å². The molecule has 158 valence electrons. The fourth-order valence-electron chi connectivity index (χ4n) is 3.87. The van der Waals surface area contributed by atoms with Crippen LogP contribution in [-0.2, 0) is 24.3 Å². The molecule has 7 nitrogen and oxygen atoms in total. The maximum Gasteiger partial charge on any atom is 0.346 e. The second kappa shape index (κ2) is 9.19. The van der Waals surface area contributed by atoms with Crippen molar-refractivity contribution in [3.8, 4) is 6.07 Å². The Balaban J connectivity index is 1.48. The summed E-state index contributed by atoms with van der Waals surface area (Å²) < 4.78 is 2.88. The maximum absolute atomic E-state index is 12.5. The van der Waals surface area contributed by atoms with Gasteiger partial charge in [-0.25, -0.2) is 9.48 Å². The molecule has 2 heterocycles. The van der Waals surface area contributed by atoms with Crippen molar-refractivity contribution in [1.29, 1.82) is 5.26 Å². The lowest BCUT2D eigenvalue weighted by Crippen LogP contribution is -2.30. The van der Waals surface area contributed by atoms with Crippen molar-refractivity contribution in [2.45, 2.75) is 44.7 Å². The van der Waals surface area contributed by atoms with Crippen molar-refractivity contribution in [2.75, 3.05) is 5.32 Å². The van der Waals surface area contributed by atoms with Gasteiger partial charge >= 0.3 is 5.69 Å². The second-order valence-electron chi connectivity index (χ2n) is 7.58. The van der Waals surface area contributed by atoms with Crippen LogP contribution >= 0.6 is 11.6 Å². The monoisotopic (exact) mass is 435 g/mol. The number of aromatic nitrogens is 3. The van der Waals surface area contributed by atoms with E-state index < -0.39 is 5.92 Å². The Morgan fingerprint density at radius 2 is 2.00 bits per heavy atom. The van der Waals surface area contributed by atoms with Crippen LogP contribution in [0.15, 0.2) is 53.3 Å². The van der Waals surface area contributed by atoms with Gasteiger partial charge < -0.3 is 5.32 Å². The number of carbonyl (C=O) groups excluding carboxylic acids is 1. The summed E-state index contributed by atoms with van der Waals surface area (Å²) in [7, 11) is 0. The van der Waals surface area contributed by atoms with Crippen molar-refractivity contribution >= 4 is 23.2 Å². The molecule has 0 aliphatic carbocycles. The summed E-state index contributed by atoms with van der Waals surface area (Å²) >= 11 is 6.43. The standard InChI is InChI=1S/C23H22ClN5O2/c24-20-13-17(10-11-18(20)19(14-25)16-7-3-1-4-8-16)26-22(30)15-29-23(31)28-12-6-2-5-9-21(28)27-29/h1,3-4,7-8,10-11,13,19H,2,5-6,9,12,15H2,(H,26,30). The van der Waals surface area contributed by atoms with E-state index in [1.165, 1.54) is 4.68 Å². The average Bonchev–Trinajstić information content (AvgIpc) is 2.92. The van der Waals surface area contributed by atoms with Crippen molar-refractivity contribution in [3.63, 3.8) is 0 Å². The van der Waals surface area contributed by atoms with Gasteiger partial charge in [-0.05, 0) is 36.1 Å². The number of fused-ring (bicyclic) bond motifs is 1. The van der Waals surface area contributed by atoms with Gasteiger partial charge in [-0.15, -0.1) is 0 Å². The van der Waals surface area contributed by atoms with Gasteiger partial charge in [0.25, 0.3) is 0 Å². The highest BCUT2D eigenvalue weighted by Crippen LogP contribution is 2.31. The number of aryl methyl sites for hydroxylation is 1. The minimum atomic E-state index is -0.502. The van der Waals surface area contributed by atoms with E-state index in [-0.39, 0.29) is 18.1 Å². The predicted octanol–water partition coefficient (Wildman–Crippen LogP) is 3.72. The molecule has 1 aliphatic heterocycles. The molecular formula is C23H22ClN5O2. The van der Waals surface area contributed by atoms with Gasteiger partial charge in [0, 0.05) is 23.7 Å². The van der Waals surface area contributed by atoms with E-state index in [0.29, 0.717) is 22.8 Å². The van der Waals surface area contributed by atoms with Gasteiger partial charge in [0.05, 0.1) is 12.0 Å². The van der Waals surface area contributed by atoms with Gasteiger partial charge in [-0.2, -0.15) is 10.4 Å². The smallest absolute Gasteiger partial charge is 0.324 e. The highest BCUT2D eigenvalue weighted by atomic mass is 35.5. The number of nitrogens with one attached hydrogen (secondary N) is 1. The quantitative estimate of drug-likeness (QED) is 0.661. The first kappa shape index (κ1) is 20.9. The summed E-state index contributed by atoms with van der Waals surface area (Å²) in [6.45, 7) is 0.484. The Kier molecular flexibility index (Phi) is 6.19. The molecule has 0 saturated carbocycles. The number of amides is 1. The molecule has 4 rings (SSSR count). The normalized spacial score (nSPS) is 14.2. The zero-order chi connectivity index (χ0) is 21.8. The molecular weight excluding hydrogens is 414 g/mol. The topological polar surface area (TPSA) is 92.7 Å². The lowest BCUT2D eigenvalue weighted by molar-refractivity contribution is -0.117. The first-order chi connectivity index (χ1) is 15.1. The zero-order valence-electron chi connectivity index (χ0n) is 16.9. The van der Waals surface area contributed by atoms with Gasteiger partial charge in [-0.3, -0.25) is 9.36 Å². The van der Waals surface area contributed by atoms with E-state index in [2.05, 4.69) is 16.5 Å². The van der Waals surface area contributed by atoms with Crippen LogP contribution in [0.5, 0.6) is 0 Å². The molecule has 1 N–H and O–H groups in total. The van der Waals surface area contributed by atoms with Gasteiger partial charge in [0.15, 0.2) is 0 Å². The van der Waals surface area contributed by atoms with Crippen LogP contribution in [0, 0.1) is 11.3 Å². The zero-order valence-corrected chi connectivity index (χ0v) is 17.7. The SMILES string of the molecule is N#CC(c1ccccc1)c1ccc(NC(=O)Cn2nc3n(c2=O)CCCCC3)cc1Cl. The minimum absolute atomic E-state index is 0.164. The Bertz CT molecular complexity index is 1190. The molecule has 0 fully saturated rings. The summed E-state index contributed by atoms with van der Waals surface area (Å²) in [5, 5.41) is 17.1. The molecule has 1 aliphatic rings. The number of hydrogen-bond donors (Lipinski definition) is 1. The number of carbonyl (C=O) groups is 1. The third-order valence-corrected chi connectivity index (χ3v) is 5.76. The number of rotatable bonds is 5. The van der Waals surface area contributed by atoms with Crippen LogP contribution in [0.3, 0.4) is 0 Å². The van der Waals surface area contributed by atoms with Crippen LogP contribution < -0.4 is 11.0 Å². The summed E-state index contributed by atoms with van der Waals surface area (Å²) in [5.41, 5.74) is 1.77. The molecule has 0 spiro atoms. The van der Waals surface area contributed by atoms with Crippen molar-refractivity contribution in [3.05, 3.63) is 81.0 Å². The number of hydrogen-bond acceptors (Lipinski definition) is 4. The first-order valence-corrected chi connectivity index (χ1v) is 10.6. The average molecular weight is 436 g/mol. The van der Waals surface area contributed by atoms with Crippen LogP contribution in [0.25, 0.3) is 0 Å². The van der Waals surface area contributed by atoms with Gasteiger partial charge in [0.2, 0.25) is 5.91 Å². The van der Waals surface area contributed by atoms with E-state index in [4.69, 9.17) is 11.6 Å². The minimum Gasteiger partial charge on any atom is -0.324 e. The Labute approximate surface area is 184 Å². The van der Waals surface area contributed by atoms with Crippen LogP contribution in [-0.4, -0.2) is 20.3 Å². The summed E-state index contributed by atoms with van der Waals surface area (Å²) in [6, 6.07) is 16.7. The lowest BCUT2D eigenvalue weighted by Gasteiger charge is -2.13. The van der Waals surface area contributed by atoms with Gasteiger partial charge in [-0.1, -0.05) is 54.4 Å². The fourth-order valence-corrected chi connectivity index (χ4v) is 4.16. The molecule has 1 amide bonds. The number of anilines is 1. The molecule has 2 aromatic carbocycles. The number of benzene rings is 2. The molecule has 31 heavy (non-hydrogen) atoms. The van der Waals surface area contributed by atoms with E-state index in [0.717, 1.165) is 37.1 Å². The Morgan fingerprint density at radius 1 is 1.19 bits per heavy atom. The number of nitriles is 1. The Hall–Kier alpha value is -3.37. The molecule has 0 radical (unpaired) electrons. The van der Waals surface area contributed by atoms with E-state index in [1.807, 2.05) is 30.3 Å². The molecule has 1 aromatic heterocycles. The van der Waals surface area contributed by atoms with Crippen LogP contribution in [0.4, 0.5) is 5.69 Å². The van der Waals surface area contributed by atoms with Crippen LogP contribution in [0.1, 0.15) is 42.1 Å². The van der Waals surface area contributed by atoms with Gasteiger partial charge in [0.1, 0.15) is 12.4 Å². The third kappa shape index (κ3) is 4.54.